The molecular formula is C10H11Br2N3O2. The van der Waals surface area contributed by atoms with Crippen LogP contribution in [0, 0.1) is 5.92 Å². The number of nitrogens with two attached hydrogens (primary N) is 1. The zero-order chi connectivity index (χ0) is 13.0. The summed E-state index contributed by atoms with van der Waals surface area (Å²) in [7, 11) is 0. The molecule has 0 aromatic heterocycles. The Morgan fingerprint density at radius 3 is 2.71 bits per heavy atom. The smallest absolute Gasteiger partial charge is 0.234 e. The quantitative estimate of drug-likeness (QED) is 0.333. The number of amides is 1. The van der Waals surface area contributed by atoms with Gasteiger partial charge in [-0.15, -0.1) is 0 Å². The van der Waals surface area contributed by atoms with E-state index >= 15 is 0 Å². The van der Waals surface area contributed by atoms with Crippen molar-refractivity contribution in [3.63, 3.8) is 0 Å². The highest BCUT2D eigenvalue weighted by Gasteiger charge is 2.18. The molecule has 0 bridgehead atoms. The van der Waals surface area contributed by atoms with Gasteiger partial charge in [-0.3, -0.25) is 4.79 Å². The maximum atomic E-state index is 11.7. The summed E-state index contributed by atoms with van der Waals surface area (Å²) in [5, 5.41) is 14.0. The van der Waals surface area contributed by atoms with Crippen molar-refractivity contribution in [3.8, 4) is 0 Å². The maximum Gasteiger partial charge on any atom is 0.234 e. The van der Waals surface area contributed by atoms with Crippen molar-refractivity contribution in [1.29, 1.82) is 0 Å². The van der Waals surface area contributed by atoms with Crippen molar-refractivity contribution >= 4 is 49.3 Å². The van der Waals surface area contributed by atoms with Crippen LogP contribution in [0.3, 0.4) is 0 Å². The standard InChI is InChI=1S/C10H11Br2N3O2/c1-5(9(13)15-17)10(16)14-8-3-2-6(11)4-7(8)12/h2-5,17H,1H3,(H2,13,15)(H,14,16). The van der Waals surface area contributed by atoms with Gasteiger partial charge < -0.3 is 16.3 Å². The molecule has 0 aliphatic carbocycles. The number of carbonyl (C=O) groups excluding carboxylic acids is 1. The van der Waals surface area contributed by atoms with Crippen LogP contribution in [0.25, 0.3) is 0 Å². The van der Waals surface area contributed by atoms with Gasteiger partial charge >= 0.3 is 0 Å². The highest BCUT2D eigenvalue weighted by Crippen LogP contribution is 2.26. The molecule has 1 amide bonds. The summed E-state index contributed by atoms with van der Waals surface area (Å²) >= 11 is 6.63. The Kier molecular flexibility index (Phi) is 4.95. The van der Waals surface area contributed by atoms with Crippen LogP contribution < -0.4 is 11.1 Å². The van der Waals surface area contributed by atoms with E-state index in [4.69, 9.17) is 10.9 Å². The zero-order valence-electron chi connectivity index (χ0n) is 8.95. The number of carbonyl (C=O) groups is 1. The molecule has 0 heterocycles. The van der Waals surface area contributed by atoms with Gasteiger partial charge in [0, 0.05) is 8.95 Å². The summed E-state index contributed by atoms with van der Waals surface area (Å²) in [5.74, 6) is -1.17. The number of nitrogens with one attached hydrogen (secondary N) is 1. The van der Waals surface area contributed by atoms with Crippen LogP contribution in [0.15, 0.2) is 32.3 Å². The number of nitrogens with zero attached hydrogens (tertiary/aromatic N) is 1. The van der Waals surface area contributed by atoms with E-state index in [0.717, 1.165) is 8.95 Å². The predicted octanol–water partition coefficient (Wildman–Crippen LogP) is 2.53. The molecule has 92 valence electrons. The van der Waals surface area contributed by atoms with Crippen molar-refractivity contribution in [2.45, 2.75) is 6.92 Å². The Balaban J connectivity index is 2.81. The monoisotopic (exact) mass is 363 g/mol. The zero-order valence-corrected chi connectivity index (χ0v) is 12.1. The molecule has 0 spiro atoms. The van der Waals surface area contributed by atoms with Crippen LogP contribution in [0.4, 0.5) is 5.69 Å². The normalized spacial score (nSPS) is 13.2. The minimum atomic E-state index is -0.699. The average molecular weight is 365 g/mol. The third-order valence-corrected chi connectivity index (χ3v) is 3.29. The number of oxime groups is 1. The van der Waals surface area contributed by atoms with E-state index in [0.29, 0.717) is 5.69 Å². The maximum absolute atomic E-state index is 11.7. The van der Waals surface area contributed by atoms with Crippen molar-refractivity contribution in [2.75, 3.05) is 5.32 Å². The lowest BCUT2D eigenvalue weighted by Gasteiger charge is -2.12. The molecule has 0 aliphatic heterocycles. The van der Waals surface area contributed by atoms with Crippen LogP contribution in [0.5, 0.6) is 0 Å². The molecule has 1 atom stereocenters. The second kappa shape index (κ2) is 6.02. The summed E-state index contributed by atoms with van der Waals surface area (Å²) in [6.07, 6.45) is 0. The van der Waals surface area contributed by atoms with Crippen LogP contribution in [-0.4, -0.2) is 17.0 Å². The number of rotatable bonds is 3. The van der Waals surface area contributed by atoms with E-state index in [1.807, 2.05) is 6.07 Å². The Bertz CT molecular complexity index is 463. The van der Waals surface area contributed by atoms with Crippen LogP contribution in [0.2, 0.25) is 0 Å². The minimum Gasteiger partial charge on any atom is -0.409 e. The van der Waals surface area contributed by atoms with Crippen LogP contribution in [-0.2, 0) is 4.79 Å². The van der Waals surface area contributed by atoms with Gasteiger partial charge in [-0.05, 0) is 41.1 Å². The van der Waals surface area contributed by atoms with Gasteiger partial charge in [-0.2, -0.15) is 0 Å². The topological polar surface area (TPSA) is 87.7 Å². The summed E-state index contributed by atoms with van der Waals surface area (Å²) in [4.78, 5) is 11.7. The number of anilines is 1. The summed E-state index contributed by atoms with van der Waals surface area (Å²) in [5.41, 5.74) is 5.97. The summed E-state index contributed by atoms with van der Waals surface area (Å²) < 4.78 is 1.64. The molecule has 0 saturated carbocycles. The number of amidine groups is 1. The predicted molar refractivity (Wildman–Crippen MR) is 73.0 cm³/mol. The first kappa shape index (κ1) is 14.0. The summed E-state index contributed by atoms with van der Waals surface area (Å²) in [6.45, 7) is 1.55. The fourth-order valence-electron chi connectivity index (χ4n) is 1.05. The van der Waals surface area contributed by atoms with Crippen molar-refractivity contribution in [2.24, 2.45) is 16.8 Å². The molecule has 0 saturated heterocycles. The van der Waals surface area contributed by atoms with Crippen molar-refractivity contribution in [3.05, 3.63) is 27.1 Å². The number of hydrogen-bond acceptors (Lipinski definition) is 3. The second-order valence-electron chi connectivity index (χ2n) is 3.36. The minimum absolute atomic E-state index is 0.129. The molecule has 0 radical (unpaired) electrons. The Hall–Kier alpha value is -1.08. The molecule has 0 aliphatic rings. The Labute approximate surface area is 115 Å². The first-order valence-electron chi connectivity index (χ1n) is 4.69. The molecule has 5 nitrogen and oxygen atoms in total. The van der Waals surface area contributed by atoms with Crippen LogP contribution >= 0.6 is 31.9 Å². The lowest BCUT2D eigenvalue weighted by molar-refractivity contribution is -0.117. The third-order valence-electron chi connectivity index (χ3n) is 2.14. The molecule has 1 aromatic carbocycles. The van der Waals surface area contributed by atoms with Crippen molar-refractivity contribution < 1.29 is 10.0 Å². The number of benzene rings is 1. The Morgan fingerprint density at radius 1 is 1.53 bits per heavy atom. The van der Waals surface area contributed by atoms with E-state index in [-0.39, 0.29) is 11.7 Å². The molecule has 7 heteroatoms. The fraction of sp³-hybridized carbons (Fsp3) is 0.200. The van der Waals surface area contributed by atoms with Gasteiger partial charge in [0.15, 0.2) is 5.84 Å². The number of halogens is 2. The van der Waals surface area contributed by atoms with E-state index in [1.54, 1.807) is 19.1 Å². The van der Waals surface area contributed by atoms with Gasteiger partial charge in [-0.25, -0.2) is 0 Å². The van der Waals surface area contributed by atoms with Gasteiger partial charge in [0.25, 0.3) is 0 Å². The molecule has 1 rings (SSSR count). The van der Waals surface area contributed by atoms with Gasteiger partial charge in [0.1, 0.15) is 0 Å². The molecule has 4 N–H and O–H groups in total. The third kappa shape index (κ3) is 3.71. The molecule has 1 unspecified atom stereocenters. The molecular weight excluding hydrogens is 354 g/mol. The average Bonchev–Trinajstić information content (AvgIpc) is 2.30. The van der Waals surface area contributed by atoms with Crippen molar-refractivity contribution in [1.82, 2.24) is 0 Å². The SMILES string of the molecule is CC(C(=O)Nc1ccc(Br)cc1Br)C(N)=NO. The van der Waals surface area contributed by atoms with Crippen LogP contribution in [0.1, 0.15) is 6.92 Å². The second-order valence-corrected chi connectivity index (χ2v) is 5.13. The first-order valence-corrected chi connectivity index (χ1v) is 6.27. The van der Waals surface area contributed by atoms with Gasteiger partial charge in [-0.1, -0.05) is 21.1 Å². The number of hydrogen-bond donors (Lipinski definition) is 3. The Morgan fingerprint density at radius 2 is 2.18 bits per heavy atom. The lowest BCUT2D eigenvalue weighted by atomic mass is 10.1. The lowest BCUT2D eigenvalue weighted by Crippen LogP contribution is -2.32. The largest absolute Gasteiger partial charge is 0.409 e. The van der Waals surface area contributed by atoms with Gasteiger partial charge in [0.2, 0.25) is 5.91 Å². The molecule has 17 heavy (non-hydrogen) atoms. The van der Waals surface area contributed by atoms with Gasteiger partial charge in [0.05, 0.1) is 11.6 Å². The summed E-state index contributed by atoms with van der Waals surface area (Å²) in [6, 6.07) is 5.35. The van der Waals surface area contributed by atoms with E-state index < -0.39 is 5.92 Å². The molecule has 0 fully saturated rings. The highest BCUT2D eigenvalue weighted by molar-refractivity contribution is 9.11. The van der Waals surface area contributed by atoms with E-state index in [9.17, 15) is 4.79 Å². The van der Waals surface area contributed by atoms with E-state index in [2.05, 4.69) is 42.3 Å². The highest BCUT2D eigenvalue weighted by atomic mass is 79.9. The fourth-order valence-corrected chi connectivity index (χ4v) is 2.20. The first-order chi connectivity index (χ1) is 7.95. The van der Waals surface area contributed by atoms with E-state index in [1.165, 1.54) is 0 Å². The molecule has 1 aromatic rings.